The van der Waals surface area contributed by atoms with Gasteiger partial charge in [-0.2, -0.15) is 21.6 Å². The second kappa shape index (κ2) is 7.82. The number of alkyl halides is 3. The van der Waals surface area contributed by atoms with E-state index in [1.807, 2.05) is 0 Å². The Kier molecular flexibility index (Phi) is 7.63. The second-order valence-corrected chi connectivity index (χ2v) is 9.05. The zero-order valence-corrected chi connectivity index (χ0v) is 14.3. The Bertz CT molecular complexity index is 707. The lowest BCUT2D eigenvalue weighted by molar-refractivity contribution is -0.137. The van der Waals surface area contributed by atoms with Gasteiger partial charge in [0.1, 0.15) is 0 Å². The highest BCUT2D eigenvalue weighted by Gasteiger charge is 2.30. The maximum atomic E-state index is 12.3. The number of halogens is 5. The summed E-state index contributed by atoms with van der Waals surface area (Å²) in [6, 6.07) is 2.62. The normalized spacial score (nSPS) is 12.5. The highest BCUT2D eigenvalue weighted by molar-refractivity contribution is 8.13. The minimum absolute atomic E-state index is 0.171. The summed E-state index contributed by atoms with van der Waals surface area (Å²) in [4.78, 5) is 0. The van der Waals surface area contributed by atoms with Crippen molar-refractivity contribution in [3.63, 3.8) is 0 Å². The van der Waals surface area contributed by atoms with Crippen molar-refractivity contribution in [2.24, 2.45) is 0 Å². The van der Waals surface area contributed by atoms with Crippen LogP contribution in [0.3, 0.4) is 0 Å². The first kappa shape index (κ1) is 21.4. The Labute approximate surface area is 135 Å². The zero-order valence-electron chi connectivity index (χ0n) is 11.2. The van der Waals surface area contributed by atoms with Crippen molar-refractivity contribution < 1.29 is 34.2 Å². The average Bonchev–Trinajstić information content (AvgIpc) is 2.22. The van der Waals surface area contributed by atoms with Gasteiger partial charge in [0.25, 0.3) is 10.1 Å². The molecule has 1 aromatic carbocycles. The summed E-state index contributed by atoms with van der Waals surface area (Å²) in [6.07, 6.45) is -2.72. The average molecular weight is 403 g/mol. The van der Waals surface area contributed by atoms with Crippen molar-refractivity contribution in [2.45, 2.75) is 12.8 Å². The van der Waals surface area contributed by atoms with Crippen LogP contribution >= 0.6 is 22.3 Å². The van der Waals surface area contributed by atoms with Gasteiger partial charge < -0.3 is 0 Å². The Morgan fingerprint density at radius 1 is 1.14 bits per heavy atom. The lowest BCUT2D eigenvalue weighted by Crippen LogP contribution is -2.06. The van der Waals surface area contributed by atoms with Crippen LogP contribution in [0.15, 0.2) is 18.2 Å². The molecule has 0 atom stereocenters. The van der Waals surface area contributed by atoms with Crippen LogP contribution < -0.4 is 0 Å². The number of hydrogen-bond acceptors (Lipinski definition) is 5. The van der Waals surface area contributed by atoms with Crippen molar-refractivity contribution >= 4 is 41.5 Å². The lowest BCUT2D eigenvalue weighted by Gasteiger charge is -2.09. The highest BCUT2D eigenvalue weighted by Crippen LogP contribution is 2.32. The third kappa shape index (κ3) is 11.1. The molecule has 0 amide bonds. The summed E-state index contributed by atoms with van der Waals surface area (Å²) in [5, 5.41) is -0.191. The van der Waals surface area contributed by atoms with E-state index in [2.05, 4.69) is 14.9 Å². The van der Waals surface area contributed by atoms with Crippen molar-refractivity contribution in [1.82, 2.24) is 0 Å². The molecule has 0 aliphatic heterocycles. The van der Waals surface area contributed by atoms with Gasteiger partial charge in [-0.05, 0) is 17.7 Å². The van der Waals surface area contributed by atoms with Crippen LogP contribution in [0.4, 0.5) is 13.2 Å². The monoisotopic (exact) mass is 402 g/mol. The molecule has 0 N–H and O–H groups in total. The maximum Gasteiger partial charge on any atom is 0.416 e. The summed E-state index contributed by atoms with van der Waals surface area (Å²) >= 11 is 5.59. The third-order valence-electron chi connectivity index (χ3n) is 1.81. The molecular weight excluding hydrogens is 392 g/mol. The van der Waals surface area contributed by atoms with Crippen molar-refractivity contribution in [1.29, 1.82) is 0 Å². The van der Waals surface area contributed by atoms with Crippen LogP contribution in [0.25, 0.3) is 0 Å². The topological polar surface area (TPSA) is 77.5 Å². The fraction of sp³-hybridized carbons (Fsp3) is 0.400. The summed E-state index contributed by atoms with van der Waals surface area (Å²) in [5.74, 6) is 0. The summed E-state index contributed by atoms with van der Waals surface area (Å²) in [5.41, 5.74) is -0.726. The first-order valence-corrected chi connectivity index (χ1v) is 10.1. The molecule has 0 aromatic heterocycles. The molecular formula is C10H11Cl2F3O5S2. The predicted octanol–water partition coefficient (Wildman–Crippen LogP) is 3.02. The molecule has 22 heavy (non-hydrogen) atoms. The van der Waals surface area contributed by atoms with Gasteiger partial charge in [-0.1, -0.05) is 17.7 Å². The van der Waals surface area contributed by atoms with E-state index in [9.17, 15) is 30.0 Å². The molecule has 5 nitrogen and oxygen atoms in total. The summed E-state index contributed by atoms with van der Waals surface area (Å²) in [7, 11) is -2.35. The van der Waals surface area contributed by atoms with Crippen molar-refractivity contribution in [3.05, 3.63) is 34.3 Å². The van der Waals surface area contributed by atoms with E-state index in [0.29, 0.717) is 0 Å². The van der Waals surface area contributed by atoms with Crippen LogP contribution in [0.2, 0.25) is 5.02 Å². The fourth-order valence-electron chi connectivity index (χ4n) is 1.01. The van der Waals surface area contributed by atoms with E-state index in [-0.39, 0.29) is 10.6 Å². The first-order valence-electron chi connectivity index (χ1n) is 5.19. The summed E-state index contributed by atoms with van der Waals surface area (Å²) in [6.45, 7) is -0.393. The van der Waals surface area contributed by atoms with Gasteiger partial charge in [-0.15, -0.1) is 0 Å². The van der Waals surface area contributed by atoms with E-state index < -0.39 is 37.5 Å². The third-order valence-corrected chi connectivity index (χ3v) is 2.71. The Hall–Kier alpha value is -0.550. The van der Waals surface area contributed by atoms with Gasteiger partial charge in [0.05, 0.1) is 24.7 Å². The maximum absolute atomic E-state index is 12.3. The minimum atomic E-state index is -4.49. The quantitative estimate of drug-likeness (QED) is 0.573. The standard InChI is InChI=1S/C9H8ClF3O3S.CH3ClO2S/c1-17(14,15)16-5-6-2-3-7(4-8(6)10)9(11,12)13;1-5(2,3)4/h2-4H,5H2,1H3;1H3. The molecule has 0 saturated carbocycles. The first-order chi connectivity index (χ1) is 9.59. The van der Waals surface area contributed by atoms with Crippen molar-refractivity contribution in [2.75, 3.05) is 12.5 Å². The molecule has 0 aliphatic rings. The van der Waals surface area contributed by atoms with Gasteiger partial charge in [0.2, 0.25) is 9.05 Å². The molecule has 0 radical (unpaired) electrons. The Morgan fingerprint density at radius 2 is 1.59 bits per heavy atom. The second-order valence-electron chi connectivity index (χ2n) is 3.95. The van der Waals surface area contributed by atoms with Crippen molar-refractivity contribution in [3.8, 4) is 0 Å². The fourth-order valence-corrected chi connectivity index (χ4v) is 1.59. The van der Waals surface area contributed by atoms with E-state index in [1.54, 1.807) is 0 Å². The predicted molar refractivity (Wildman–Crippen MR) is 76.8 cm³/mol. The van der Waals surface area contributed by atoms with Crippen LogP contribution in [-0.2, 0) is 36.1 Å². The van der Waals surface area contributed by atoms with Crippen LogP contribution in [0.5, 0.6) is 0 Å². The van der Waals surface area contributed by atoms with E-state index in [0.717, 1.165) is 30.7 Å². The molecule has 0 unspecified atom stereocenters. The largest absolute Gasteiger partial charge is 0.416 e. The van der Waals surface area contributed by atoms with Gasteiger partial charge in [0.15, 0.2) is 0 Å². The molecule has 1 aromatic rings. The number of benzene rings is 1. The zero-order chi connectivity index (χ0) is 17.8. The molecule has 0 heterocycles. The molecule has 0 spiro atoms. The Balaban J connectivity index is 0.000000763. The lowest BCUT2D eigenvalue weighted by atomic mass is 10.1. The Morgan fingerprint density at radius 3 is 1.91 bits per heavy atom. The molecule has 12 heteroatoms. The smallest absolute Gasteiger partial charge is 0.265 e. The van der Waals surface area contributed by atoms with Crippen LogP contribution in [0.1, 0.15) is 11.1 Å². The van der Waals surface area contributed by atoms with Gasteiger partial charge in [-0.3, -0.25) is 4.18 Å². The number of rotatable bonds is 3. The van der Waals surface area contributed by atoms with Crippen LogP contribution in [0, 0.1) is 0 Å². The van der Waals surface area contributed by atoms with Gasteiger partial charge in [-0.25, -0.2) is 8.42 Å². The molecule has 0 saturated heterocycles. The molecule has 0 aliphatic carbocycles. The molecule has 128 valence electrons. The molecule has 1 rings (SSSR count). The number of hydrogen-bond donors (Lipinski definition) is 0. The van der Waals surface area contributed by atoms with Gasteiger partial charge in [0, 0.05) is 15.7 Å². The SMILES string of the molecule is CS(=O)(=O)Cl.CS(=O)(=O)OCc1ccc(C(F)(F)F)cc1Cl. The minimum Gasteiger partial charge on any atom is -0.265 e. The highest BCUT2D eigenvalue weighted by atomic mass is 35.7. The molecule has 0 bridgehead atoms. The summed E-state index contributed by atoms with van der Waals surface area (Å²) < 4.78 is 81.5. The van der Waals surface area contributed by atoms with Crippen LogP contribution in [-0.4, -0.2) is 29.3 Å². The van der Waals surface area contributed by atoms with E-state index >= 15 is 0 Å². The van der Waals surface area contributed by atoms with E-state index in [1.165, 1.54) is 0 Å². The molecule has 0 fully saturated rings. The van der Waals surface area contributed by atoms with Gasteiger partial charge >= 0.3 is 6.18 Å². The van der Waals surface area contributed by atoms with E-state index in [4.69, 9.17) is 11.6 Å².